The number of methoxy groups -OCH3 is 1. The van der Waals surface area contributed by atoms with Gasteiger partial charge >= 0.3 is 6.09 Å². The zero-order valence-electron chi connectivity index (χ0n) is 20.5. The molecule has 0 spiro atoms. The highest BCUT2D eigenvalue weighted by molar-refractivity contribution is 7.91. The molecule has 2 aromatic carbocycles. The Labute approximate surface area is 205 Å². The minimum absolute atomic E-state index is 0.0614. The summed E-state index contributed by atoms with van der Waals surface area (Å²) in [4.78, 5) is 17.0. The molecule has 5 rings (SSSR count). The van der Waals surface area contributed by atoms with E-state index in [4.69, 9.17) is 9.47 Å². The highest BCUT2D eigenvalue weighted by Gasteiger charge is 2.47. The molecule has 188 valence electrons. The molecule has 9 heteroatoms. The lowest BCUT2D eigenvalue weighted by Gasteiger charge is -2.39. The number of ether oxygens (including phenoxy) is 2. The van der Waals surface area contributed by atoms with Gasteiger partial charge < -0.3 is 19.3 Å². The number of anilines is 1. The quantitative estimate of drug-likeness (QED) is 0.598. The molecule has 0 aromatic heterocycles. The van der Waals surface area contributed by atoms with Gasteiger partial charge in [-0.25, -0.2) is 17.6 Å². The summed E-state index contributed by atoms with van der Waals surface area (Å²) in [5, 5.41) is 0. The summed E-state index contributed by atoms with van der Waals surface area (Å²) < 4.78 is 52.3. The Kier molecular flexibility index (Phi) is 5.74. The minimum Gasteiger partial charge on any atom is -0.497 e. The van der Waals surface area contributed by atoms with Gasteiger partial charge in [-0.15, -0.1) is 0 Å². The third-order valence-corrected chi connectivity index (χ3v) is 8.86. The molecule has 35 heavy (non-hydrogen) atoms. The number of hydrogen-bond acceptors (Lipinski definition) is 6. The van der Waals surface area contributed by atoms with Gasteiger partial charge in [0.2, 0.25) is 0 Å². The summed E-state index contributed by atoms with van der Waals surface area (Å²) in [6.07, 6.45) is 0.875. The van der Waals surface area contributed by atoms with Crippen molar-refractivity contribution in [3.05, 3.63) is 41.7 Å². The average Bonchev–Trinajstić information content (AvgIpc) is 3.02. The van der Waals surface area contributed by atoms with E-state index in [1.807, 2.05) is 26.8 Å². The van der Waals surface area contributed by atoms with Crippen LogP contribution in [0.3, 0.4) is 0 Å². The average molecular weight is 503 g/mol. The van der Waals surface area contributed by atoms with Gasteiger partial charge in [0, 0.05) is 43.2 Å². The number of nitrogens with zero attached hydrogens (tertiary/aromatic N) is 2. The Bertz CT molecular complexity index is 1290. The van der Waals surface area contributed by atoms with Crippen LogP contribution in [0.1, 0.15) is 45.1 Å². The highest BCUT2D eigenvalue weighted by atomic mass is 32.2. The first-order chi connectivity index (χ1) is 16.5. The normalized spacial score (nSPS) is 22.8. The van der Waals surface area contributed by atoms with Gasteiger partial charge in [-0.2, -0.15) is 0 Å². The maximum Gasteiger partial charge on any atom is 0.410 e. The molecule has 0 aliphatic carbocycles. The summed E-state index contributed by atoms with van der Waals surface area (Å²) in [6, 6.07) is 8.18. The molecule has 3 aliphatic rings. The molecule has 0 unspecified atom stereocenters. The van der Waals surface area contributed by atoms with E-state index >= 15 is 4.39 Å². The number of carbonyl (C=O) groups excluding carboxylic acids is 1. The van der Waals surface area contributed by atoms with Crippen molar-refractivity contribution < 1.29 is 27.1 Å². The largest absolute Gasteiger partial charge is 0.497 e. The fraction of sp³-hybridized carbons (Fsp3) is 0.500. The fourth-order valence-corrected chi connectivity index (χ4v) is 7.12. The first kappa shape index (κ1) is 23.9. The molecule has 0 bridgehead atoms. The summed E-state index contributed by atoms with van der Waals surface area (Å²) >= 11 is 0. The monoisotopic (exact) mass is 502 g/mol. The molecule has 0 saturated carbocycles. The van der Waals surface area contributed by atoms with E-state index in [-0.39, 0.29) is 28.7 Å². The minimum atomic E-state index is -3.54. The first-order valence-corrected chi connectivity index (χ1v) is 13.6. The van der Waals surface area contributed by atoms with E-state index in [2.05, 4.69) is 4.90 Å². The van der Waals surface area contributed by atoms with Crippen molar-refractivity contribution in [1.82, 2.24) is 4.90 Å². The Balaban J connectivity index is 1.62. The zero-order chi connectivity index (χ0) is 25.1. The predicted octanol–water partition coefficient (Wildman–Crippen LogP) is 4.59. The van der Waals surface area contributed by atoms with Crippen molar-refractivity contribution in [2.45, 2.75) is 56.1 Å². The smallest absolute Gasteiger partial charge is 0.410 e. The molecule has 2 atom stereocenters. The van der Waals surface area contributed by atoms with Gasteiger partial charge in [0.05, 0.1) is 23.4 Å². The number of likely N-dealkylation sites (tertiary alicyclic amines) is 1. The standard InChI is InChI=1S/C26H31FN2O5S/c1-26(2,3)34-25(30)28-10-8-22-20(15-28)19-12-16(18-7-6-17(33-4)14-21(18)27)13-23-24(19)29(22)9-5-11-35(23,31)32/h6-7,12-14,20,22H,5,8-11,15H2,1-4H3/t20-,22-/m0/s1. The second kappa shape index (κ2) is 8.40. The van der Waals surface area contributed by atoms with Crippen molar-refractivity contribution in [3.8, 4) is 16.9 Å². The molecule has 0 radical (unpaired) electrons. The van der Waals surface area contributed by atoms with Crippen LogP contribution in [0.5, 0.6) is 5.75 Å². The number of rotatable bonds is 2. The molecular formula is C26H31FN2O5S. The number of fused-ring (bicyclic) bond motifs is 3. The topological polar surface area (TPSA) is 76.2 Å². The van der Waals surface area contributed by atoms with E-state index < -0.39 is 21.3 Å². The van der Waals surface area contributed by atoms with Crippen molar-refractivity contribution >= 4 is 21.6 Å². The number of halogens is 1. The van der Waals surface area contributed by atoms with Crippen LogP contribution in [0.2, 0.25) is 0 Å². The van der Waals surface area contributed by atoms with Gasteiger partial charge in [-0.1, -0.05) is 0 Å². The maximum atomic E-state index is 15.0. The van der Waals surface area contributed by atoms with Crippen molar-refractivity contribution in [2.75, 3.05) is 37.4 Å². The van der Waals surface area contributed by atoms with Crippen LogP contribution in [0.15, 0.2) is 35.2 Å². The molecule has 1 saturated heterocycles. The third-order valence-electron chi connectivity index (χ3n) is 7.05. The van der Waals surface area contributed by atoms with Crippen LogP contribution < -0.4 is 9.64 Å². The predicted molar refractivity (Wildman–Crippen MR) is 131 cm³/mol. The van der Waals surface area contributed by atoms with Crippen LogP contribution in [0.4, 0.5) is 14.9 Å². The van der Waals surface area contributed by atoms with Crippen LogP contribution in [-0.2, 0) is 14.6 Å². The summed E-state index contributed by atoms with van der Waals surface area (Å²) in [6.45, 7) is 7.12. The van der Waals surface area contributed by atoms with E-state index in [9.17, 15) is 13.2 Å². The Hall–Kier alpha value is -2.81. The number of sulfone groups is 1. The highest BCUT2D eigenvalue weighted by Crippen LogP contribution is 2.51. The lowest BCUT2D eigenvalue weighted by Crippen LogP contribution is -2.49. The number of piperidine rings is 1. The SMILES string of the molecule is COc1ccc(-c2cc3c4c(c2)S(=O)(=O)CCCN4[C@H]2CCN(C(=O)OC(C)(C)C)C[C@@H]32)c(F)c1. The molecule has 3 heterocycles. The molecule has 1 amide bonds. The summed E-state index contributed by atoms with van der Waals surface area (Å²) in [7, 11) is -2.07. The van der Waals surface area contributed by atoms with Crippen molar-refractivity contribution in [2.24, 2.45) is 0 Å². The molecule has 3 aliphatic heterocycles. The van der Waals surface area contributed by atoms with Gasteiger partial charge in [0.25, 0.3) is 0 Å². The van der Waals surface area contributed by atoms with Crippen LogP contribution in [-0.4, -0.2) is 63.6 Å². The molecule has 1 fully saturated rings. The zero-order valence-corrected chi connectivity index (χ0v) is 21.3. The first-order valence-electron chi connectivity index (χ1n) is 12.0. The van der Waals surface area contributed by atoms with Crippen molar-refractivity contribution in [3.63, 3.8) is 0 Å². The maximum absolute atomic E-state index is 15.0. The Morgan fingerprint density at radius 2 is 1.91 bits per heavy atom. The van der Waals surface area contributed by atoms with Crippen LogP contribution in [0.25, 0.3) is 11.1 Å². The van der Waals surface area contributed by atoms with Crippen LogP contribution in [0, 0.1) is 5.82 Å². The van der Waals surface area contributed by atoms with E-state index in [0.717, 1.165) is 11.3 Å². The van der Waals surface area contributed by atoms with Gasteiger partial charge in [-0.3, -0.25) is 0 Å². The van der Waals surface area contributed by atoms with Crippen LogP contribution >= 0.6 is 0 Å². The lowest BCUT2D eigenvalue weighted by atomic mass is 9.88. The fourth-order valence-electron chi connectivity index (χ4n) is 5.56. The number of amides is 1. The summed E-state index contributed by atoms with van der Waals surface area (Å²) in [5.41, 5.74) is 1.81. The lowest BCUT2D eigenvalue weighted by molar-refractivity contribution is 0.0189. The van der Waals surface area contributed by atoms with E-state index in [0.29, 0.717) is 49.4 Å². The second-order valence-corrected chi connectivity index (χ2v) is 12.6. The molecule has 7 nitrogen and oxygen atoms in total. The third kappa shape index (κ3) is 4.24. The van der Waals surface area contributed by atoms with E-state index in [1.54, 1.807) is 23.1 Å². The summed E-state index contributed by atoms with van der Waals surface area (Å²) in [5.74, 6) is -0.108. The Morgan fingerprint density at radius 1 is 1.14 bits per heavy atom. The van der Waals surface area contributed by atoms with E-state index in [1.165, 1.54) is 13.2 Å². The van der Waals surface area contributed by atoms with Gasteiger partial charge in [0.15, 0.2) is 9.84 Å². The van der Waals surface area contributed by atoms with Gasteiger partial charge in [0.1, 0.15) is 17.2 Å². The Morgan fingerprint density at radius 3 is 2.60 bits per heavy atom. The number of benzene rings is 2. The number of hydrogen-bond donors (Lipinski definition) is 0. The van der Waals surface area contributed by atoms with Crippen molar-refractivity contribution in [1.29, 1.82) is 0 Å². The molecule has 2 aromatic rings. The molecule has 0 N–H and O–H groups in total. The van der Waals surface area contributed by atoms with Gasteiger partial charge in [-0.05, 0) is 69.0 Å². The molecular weight excluding hydrogens is 471 g/mol. The number of carbonyl (C=O) groups is 1. The second-order valence-electron chi connectivity index (χ2n) is 10.5.